The summed E-state index contributed by atoms with van der Waals surface area (Å²) in [4.78, 5) is 12.3. The first kappa shape index (κ1) is 20.1. The Morgan fingerprint density at radius 3 is 2.16 bits per heavy atom. The first-order chi connectivity index (χ1) is 14.9. The van der Waals surface area contributed by atoms with Crippen LogP contribution < -0.4 is 10.6 Å². The van der Waals surface area contributed by atoms with E-state index < -0.39 is 17.8 Å². The van der Waals surface area contributed by atoms with Crippen molar-refractivity contribution >= 4 is 17.4 Å². The Morgan fingerprint density at radius 2 is 1.42 bits per heavy atom. The fraction of sp³-hybridized carbons (Fsp3) is 0.0455. The summed E-state index contributed by atoms with van der Waals surface area (Å²) in [5.74, 6) is 0.584. The van der Waals surface area contributed by atoms with Gasteiger partial charge in [0.05, 0.1) is 11.3 Å². The molecule has 0 saturated carbocycles. The minimum absolute atomic E-state index is 0.241. The van der Waals surface area contributed by atoms with Gasteiger partial charge in [0.15, 0.2) is 0 Å². The van der Waals surface area contributed by atoms with Crippen molar-refractivity contribution in [2.75, 3.05) is 10.6 Å². The first-order valence-electron chi connectivity index (χ1n) is 9.14. The van der Waals surface area contributed by atoms with Crippen molar-refractivity contribution in [2.45, 2.75) is 6.18 Å². The molecule has 0 aliphatic carbocycles. The molecule has 0 aliphatic heterocycles. The smallest absolute Gasteiger partial charge is 0.416 e. The lowest BCUT2D eigenvalue weighted by molar-refractivity contribution is -0.136. The number of hydrogen-bond acceptors (Lipinski definition) is 4. The third-order valence-electron chi connectivity index (χ3n) is 4.29. The molecule has 1 aromatic heterocycles. The van der Waals surface area contributed by atoms with Gasteiger partial charge in [-0.3, -0.25) is 0 Å². The zero-order valence-corrected chi connectivity index (χ0v) is 15.9. The maximum absolute atomic E-state index is 13.1. The third-order valence-corrected chi connectivity index (χ3v) is 4.29. The van der Waals surface area contributed by atoms with Crippen molar-refractivity contribution in [3.05, 3.63) is 84.4 Å². The Balaban J connectivity index is 1.50. The molecule has 0 spiro atoms. The molecule has 0 radical (unpaired) electrons. The van der Waals surface area contributed by atoms with Gasteiger partial charge in [0.25, 0.3) is 0 Å². The van der Waals surface area contributed by atoms with E-state index in [4.69, 9.17) is 4.42 Å². The zero-order valence-electron chi connectivity index (χ0n) is 15.9. The molecule has 0 unspecified atom stereocenters. The van der Waals surface area contributed by atoms with Gasteiger partial charge in [-0.05, 0) is 42.5 Å². The number of para-hydroxylation sites is 1. The van der Waals surface area contributed by atoms with E-state index in [0.717, 1.165) is 11.6 Å². The van der Waals surface area contributed by atoms with E-state index in [1.54, 1.807) is 24.3 Å². The highest BCUT2D eigenvalue weighted by molar-refractivity contribution is 6.00. The number of anilines is 2. The highest BCUT2D eigenvalue weighted by atomic mass is 19.4. The molecule has 2 N–H and O–H groups in total. The van der Waals surface area contributed by atoms with Crippen molar-refractivity contribution in [3.63, 3.8) is 0 Å². The molecule has 0 bridgehead atoms. The fourth-order valence-corrected chi connectivity index (χ4v) is 2.89. The molecule has 0 atom stereocenters. The molecule has 0 saturated heterocycles. The molecule has 9 heteroatoms. The first-order valence-corrected chi connectivity index (χ1v) is 9.14. The predicted octanol–water partition coefficient (Wildman–Crippen LogP) is 6.07. The predicted molar refractivity (Wildman–Crippen MR) is 109 cm³/mol. The van der Waals surface area contributed by atoms with E-state index in [1.807, 2.05) is 30.3 Å². The van der Waals surface area contributed by atoms with Gasteiger partial charge in [-0.15, -0.1) is 10.2 Å². The lowest BCUT2D eigenvalue weighted by Crippen LogP contribution is -2.21. The van der Waals surface area contributed by atoms with Gasteiger partial charge in [-0.25, -0.2) is 4.79 Å². The second kappa shape index (κ2) is 8.31. The number of carbonyl (C=O) groups excluding carboxylic acids is 1. The van der Waals surface area contributed by atoms with E-state index in [9.17, 15) is 18.0 Å². The Kier molecular flexibility index (Phi) is 5.40. The van der Waals surface area contributed by atoms with E-state index in [-0.39, 0.29) is 11.6 Å². The van der Waals surface area contributed by atoms with E-state index in [0.29, 0.717) is 17.1 Å². The summed E-state index contributed by atoms with van der Waals surface area (Å²) in [5.41, 5.74) is 0.381. The average molecular weight is 424 g/mol. The van der Waals surface area contributed by atoms with Gasteiger partial charge in [0.1, 0.15) is 0 Å². The lowest BCUT2D eigenvalue weighted by Gasteiger charge is -2.14. The summed E-state index contributed by atoms with van der Waals surface area (Å²) in [7, 11) is 0. The average Bonchev–Trinajstić information content (AvgIpc) is 3.24. The minimum atomic E-state index is -4.59. The summed E-state index contributed by atoms with van der Waals surface area (Å²) in [6, 6.07) is 19.7. The van der Waals surface area contributed by atoms with Crippen LogP contribution >= 0.6 is 0 Å². The molecule has 1 heterocycles. The van der Waals surface area contributed by atoms with Crippen LogP contribution in [0.1, 0.15) is 5.56 Å². The number of nitrogens with zero attached hydrogens (tertiary/aromatic N) is 2. The van der Waals surface area contributed by atoms with Crippen LogP contribution in [0.5, 0.6) is 0 Å². The second-order valence-electron chi connectivity index (χ2n) is 6.48. The summed E-state index contributed by atoms with van der Waals surface area (Å²) in [6.07, 6.45) is -4.59. The van der Waals surface area contributed by atoms with E-state index in [1.165, 1.54) is 18.2 Å². The van der Waals surface area contributed by atoms with Gasteiger partial charge in [-0.1, -0.05) is 36.4 Å². The second-order valence-corrected chi connectivity index (χ2v) is 6.48. The van der Waals surface area contributed by atoms with Crippen molar-refractivity contribution < 1.29 is 22.4 Å². The van der Waals surface area contributed by atoms with Gasteiger partial charge in [0, 0.05) is 16.8 Å². The SMILES string of the molecule is O=C(Nc1cccc(-c2nnc(-c3ccccc3)o2)c1)Nc1ccccc1C(F)(F)F. The molecular weight excluding hydrogens is 409 g/mol. The number of carbonyl (C=O) groups is 1. The summed E-state index contributed by atoms with van der Waals surface area (Å²) < 4.78 is 45.0. The Bertz CT molecular complexity index is 1210. The van der Waals surface area contributed by atoms with Crippen LogP contribution in [0, 0.1) is 0 Å². The normalized spacial score (nSPS) is 11.2. The van der Waals surface area contributed by atoms with Crippen LogP contribution in [-0.2, 0) is 6.18 Å². The molecule has 6 nitrogen and oxygen atoms in total. The number of urea groups is 1. The zero-order chi connectivity index (χ0) is 21.8. The number of aromatic nitrogens is 2. The van der Waals surface area contributed by atoms with Crippen molar-refractivity contribution in [1.29, 1.82) is 0 Å². The van der Waals surface area contributed by atoms with Crippen LogP contribution in [0.25, 0.3) is 22.9 Å². The van der Waals surface area contributed by atoms with Gasteiger partial charge < -0.3 is 15.1 Å². The Morgan fingerprint density at radius 1 is 0.774 bits per heavy atom. The molecule has 0 fully saturated rings. The van der Waals surface area contributed by atoms with Crippen LogP contribution in [0.15, 0.2) is 83.3 Å². The Hall–Kier alpha value is -4.14. The van der Waals surface area contributed by atoms with Gasteiger partial charge >= 0.3 is 12.2 Å². The van der Waals surface area contributed by atoms with E-state index >= 15 is 0 Å². The van der Waals surface area contributed by atoms with Crippen molar-refractivity contribution in [2.24, 2.45) is 0 Å². The van der Waals surface area contributed by atoms with Gasteiger partial charge in [-0.2, -0.15) is 13.2 Å². The highest BCUT2D eigenvalue weighted by Gasteiger charge is 2.33. The maximum atomic E-state index is 13.1. The molecular formula is C22H15F3N4O2. The highest BCUT2D eigenvalue weighted by Crippen LogP contribution is 2.34. The van der Waals surface area contributed by atoms with Crippen LogP contribution in [0.3, 0.4) is 0 Å². The summed E-state index contributed by atoms with van der Waals surface area (Å²) >= 11 is 0. The number of alkyl halides is 3. The number of hydrogen-bond donors (Lipinski definition) is 2. The molecule has 0 aliphatic rings. The standard InChI is InChI=1S/C22H15F3N4O2/c23-22(24,25)17-11-4-5-12-18(17)27-21(30)26-16-10-6-9-15(13-16)20-29-28-19(31-20)14-7-2-1-3-8-14/h1-13H,(H2,26,27,30). The minimum Gasteiger partial charge on any atom is -0.416 e. The molecule has 31 heavy (non-hydrogen) atoms. The topological polar surface area (TPSA) is 80.1 Å². The number of benzene rings is 3. The van der Waals surface area contributed by atoms with Crippen LogP contribution in [0.2, 0.25) is 0 Å². The third kappa shape index (κ3) is 4.72. The van der Waals surface area contributed by atoms with Gasteiger partial charge in [0.2, 0.25) is 11.8 Å². The summed E-state index contributed by atoms with van der Waals surface area (Å²) in [6.45, 7) is 0. The maximum Gasteiger partial charge on any atom is 0.418 e. The molecule has 4 rings (SSSR count). The molecule has 3 aromatic carbocycles. The molecule has 4 aromatic rings. The number of halogens is 3. The monoisotopic (exact) mass is 424 g/mol. The quantitative estimate of drug-likeness (QED) is 0.417. The van der Waals surface area contributed by atoms with Crippen molar-refractivity contribution in [3.8, 4) is 22.9 Å². The lowest BCUT2D eigenvalue weighted by atomic mass is 10.1. The number of rotatable bonds is 4. The molecule has 156 valence electrons. The number of amides is 2. The van der Waals surface area contributed by atoms with Crippen molar-refractivity contribution in [1.82, 2.24) is 10.2 Å². The Labute approximate surface area is 174 Å². The summed E-state index contributed by atoms with van der Waals surface area (Å²) in [5, 5.41) is 12.8. The molecule has 2 amide bonds. The van der Waals surface area contributed by atoms with Crippen LogP contribution in [-0.4, -0.2) is 16.2 Å². The largest absolute Gasteiger partial charge is 0.418 e. The number of nitrogens with one attached hydrogen (secondary N) is 2. The van der Waals surface area contributed by atoms with Crippen LogP contribution in [0.4, 0.5) is 29.3 Å². The fourth-order valence-electron chi connectivity index (χ4n) is 2.89. The van der Waals surface area contributed by atoms with E-state index in [2.05, 4.69) is 20.8 Å².